The number of nitrogens with zero attached hydrogens (tertiary/aromatic N) is 2. The van der Waals surface area contributed by atoms with Gasteiger partial charge >= 0.3 is 0 Å². The molecule has 0 amide bonds. The van der Waals surface area contributed by atoms with Gasteiger partial charge in [-0.25, -0.2) is 0 Å². The van der Waals surface area contributed by atoms with Gasteiger partial charge in [0.1, 0.15) is 0 Å². The Labute approximate surface area is 106 Å². The highest BCUT2D eigenvalue weighted by Crippen LogP contribution is 2.20. The number of nitrogens with one attached hydrogen (secondary N) is 1. The van der Waals surface area contributed by atoms with Crippen LogP contribution in [0.1, 0.15) is 58.4 Å². The van der Waals surface area contributed by atoms with Crippen LogP contribution in [0.2, 0.25) is 0 Å². The van der Waals surface area contributed by atoms with Crippen LogP contribution < -0.4 is 5.32 Å². The fourth-order valence-electron chi connectivity index (χ4n) is 2.13. The zero-order chi connectivity index (χ0) is 12.7. The van der Waals surface area contributed by atoms with Gasteiger partial charge in [0.25, 0.3) is 0 Å². The maximum absolute atomic E-state index is 4.39. The van der Waals surface area contributed by atoms with Crippen LogP contribution in [0.15, 0.2) is 12.4 Å². The molecule has 2 atom stereocenters. The molecule has 0 fully saturated rings. The Hall–Kier alpha value is -0.830. The molecule has 0 saturated carbocycles. The monoisotopic (exact) mass is 237 g/mol. The summed E-state index contributed by atoms with van der Waals surface area (Å²) in [6, 6.07) is 0.583. The first-order valence-electron chi connectivity index (χ1n) is 6.93. The lowest BCUT2D eigenvalue weighted by atomic mass is 9.97. The number of rotatable bonds is 8. The van der Waals surface area contributed by atoms with Crippen LogP contribution in [0.3, 0.4) is 0 Å². The van der Waals surface area contributed by atoms with E-state index >= 15 is 0 Å². The molecule has 1 N–H and O–H groups in total. The van der Waals surface area contributed by atoms with Gasteiger partial charge < -0.3 is 5.32 Å². The van der Waals surface area contributed by atoms with Crippen molar-refractivity contribution in [3.05, 3.63) is 18.0 Å². The van der Waals surface area contributed by atoms with Gasteiger partial charge in [0.15, 0.2) is 0 Å². The second-order valence-corrected chi connectivity index (χ2v) is 5.03. The van der Waals surface area contributed by atoms with Crippen molar-refractivity contribution < 1.29 is 0 Å². The molecule has 3 nitrogen and oxygen atoms in total. The van der Waals surface area contributed by atoms with Crippen molar-refractivity contribution in [2.24, 2.45) is 0 Å². The third-order valence-corrected chi connectivity index (χ3v) is 3.12. The second-order valence-electron chi connectivity index (χ2n) is 5.03. The molecule has 1 heterocycles. The third kappa shape index (κ3) is 4.90. The first kappa shape index (κ1) is 14.2. The average Bonchev–Trinajstić information content (AvgIpc) is 2.75. The van der Waals surface area contributed by atoms with Crippen LogP contribution in [0.25, 0.3) is 0 Å². The minimum atomic E-state index is 0.583. The highest BCUT2D eigenvalue weighted by Gasteiger charge is 2.11. The quantitative estimate of drug-likeness (QED) is 0.752. The van der Waals surface area contributed by atoms with Crippen LogP contribution in [-0.4, -0.2) is 22.4 Å². The highest BCUT2D eigenvalue weighted by molar-refractivity contribution is 5.10. The van der Waals surface area contributed by atoms with E-state index in [0.29, 0.717) is 12.0 Å². The molecule has 1 aromatic heterocycles. The van der Waals surface area contributed by atoms with Gasteiger partial charge in [0.05, 0.1) is 6.20 Å². The summed E-state index contributed by atoms with van der Waals surface area (Å²) in [5.41, 5.74) is 1.36. The van der Waals surface area contributed by atoms with Crippen LogP contribution >= 0.6 is 0 Å². The third-order valence-electron chi connectivity index (χ3n) is 3.12. The van der Waals surface area contributed by atoms with Gasteiger partial charge in [0.2, 0.25) is 0 Å². The van der Waals surface area contributed by atoms with Gasteiger partial charge in [0, 0.05) is 18.8 Å². The molecule has 0 saturated heterocycles. The number of aryl methyl sites for hydroxylation is 1. The van der Waals surface area contributed by atoms with Crippen molar-refractivity contribution in [2.75, 3.05) is 6.54 Å². The molecule has 0 radical (unpaired) electrons. The standard InChI is InChI=1S/C14H27N3/c1-5-7-15-13(4)9-12(3)14-10-16-17(11-14)8-6-2/h10-13,15H,5-9H2,1-4H3. The first-order chi connectivity index (χ1) is 8.17. The average molecular weight is 237 g/mol. The van der Waals surface area contributed by atoms with Gasteiger partial charge in [-0.15, -0.1) is 0 Å². The molecule has 0 aliphatic rings. The zero-order valence-corrected chi connectivity index (χ0v) is 11.7. The van der Waals surface area contributed by atoms with E-state index in [-0.39, 0.29) is 0 Å². The number of hydrogen-bond acceptors (Lipinski definition) is 2. The highest BCUT2D eigenvalue weighted by atomic mass is 15.3. The molecule has 1 aromatic rings. The fraction of sp³-hybridized carbons (Fsp3) is 0.786. The summed E-state index contributed by atoms with van der Waals surface area (Å²) in [7, 11) is 0. The van der Waals surface area contributed by atoms with Gasteiger partial charge in [-0.1, -0.05) is 20.8 Å². The Morgan fingerprint density at radius 2 is 2.06 bits per heavy atom. The number of hydrogen-bond donors (Lipinski definition) is 1. The topological polar surface area (TPSA) is 29.9 Å². The number of aromatic nitrogens is 2. The van der Waals surface area contributed by atoms with Gasteiger partial charge in [-0.2, -0.15) is 5.10 Å². The lowest BCUT2D eigenvalue weighted by molar-refractivity contribution is 0.478. The minimum absolute atomic E-state index is 0.583. The van der Waals surface area contributed by atoms with Crippen molar-refractivity contribution >= 4 is 0 Å². The molecule has 2 unspecified atom stereocenters. The van der Waals surface area contributed by atoms with Crippen LogP contribution in [0.5, 0.6) is 0 Å². The Morgan fingerprint density at radius 3 is 2.71 bits per heavy atom. The van der Waals surface area contributed by atoms with E-state index in [9.17, 15) is 0 Å². The predicted molar refractivity (Wildman–Crippen MR) is 73.3 cm³/mol. The fourth-order valence-corrected chi connectivity index (χ4v) is 2.13. The van der Waals surface area contributed by atoms with Gasteiger partial charge in [-0.3, -0.25) is 4.68 Å². The molecule has 17 heavy (non-hydrogen) atoms. The molecule has 0 spiro atoms. The van der Waals surface area contributed by atoms with E-state index in [1.165, 1.54) is 18.4 Å². The van der Waals surface area contributed by atoms with Crippen LogP contribution in [0.4, 0.5) is 0 Å². The summed E-state index contributed by atoms with van der Waals surface area (Å²) in [6.45, 7) is 11.1. The van der Waals surface area contributed by atoms with E-state index < -0.39 is 0 Å². The Bertz CT molecular complexity index is 306. The van der Waals surface area contributed by atoms with Crippen molar-refractivity contribution in [1.29, 1.82) is 0 Å². The molecule has 1 rings (SSSR count). The molecule has 0 aliphatic heterocycles. The molecule has 0 aliphatic carbocycles. The maximum Gasteiger partial charge on any atom is 0.0524 e. The molecule has 0 bridgehead atoms. The van der Waals surface area contributed by atoms with Crippen LogP contribution in [0, 0.1) is 0 Å². The summed E-state index contributed by atoms with van der Waals surface area (Å²) >= 11 is 0. The van der Waals surface area contributed by atoms with Crippen molar-refractivity contribution in [2.45, 2.75) is 65.5 Å². The summed E-state index contributed by atoms with van der Waals surface area (Å²) < 4.78 is 2.05. The molecule has 3 heteroatoms. The largest absolute Gasteiger partial charge is 0.314 e. The van der Waals surface area contributed by atoms with Crippen molar-refractivity contribution in [1.82, 2.24) is 15.1 Å². The Balaban J connectivity index is 2.42. The van der Waals surface area contributed by atoms with E-state index in [1.54, 1.807) is 0 Å². The normalized spacial score (nSPS) is 14.8. The van der Waals surface area contributed by atoms with Crippen LogP contribution in [-0.2, 0) is 6.54 Å². The smallest absolute Gasteiger partial charge is 0.0524 e. The van der Waals surface area contributed by atoms with E-state index in [2.05, 4.69) is 49.0 Å². The summed E-state index contributed by atoms with van der Waals surface area (Å²) in [6.07, 6.45) is 7.74. The minimum Gasteiger partial charge on any atom is -0.314 e. The van der Waals surface area contributed by atoms with Crippen molar-refractivity contribution in [3.63, 3.8) is 0 Å². The summed E-state index contributed by atoms with van der Waals surface area (Å²) in [4.78, 5) is 0. The summed E-state index contributed by atoms with van der Waals surface area (Å²) in [5.74, 6) is 0.583. The lowest BCUT2D eigenvalue weighted by Gasteiger charge is -2.17. The lowest BCUT2D eigenvalue weighted by Crippen LogP contribution is -2.27. The Morgan fingerprint density at radius 1 is 1.29 bits per heavy atom. The SMILES string of the molecule is CCCNC(C)CC(C)c1cnn(CCC)c1. The molecular formula is C14H27N3. The first-order valence-corrected chi connectivity index (χ1v) is 6.93. The van der Waals surface area contributed by atoms with E-state index in [1.807, 2.05) is 6.20 Å². The zero-order valence-electron chi connectivity index (χ0n) is 11.7. The van der Waals surface area contributed by atoms with Crippen molar-refractivity contribution in [3.8, 4) is 0 Å². The summed E-state index contributed by atoms with van der Waals surface area (Å²) in [5, 5.41) is 7.93. The molecular weight excluding hydrogens is 210 g/mol. The molecule has 98 valence electrons. The van der Waals surface area contributed by atoms with E-state index in [4.69, 9.17) is 0 Å². The Kier molecular flexibility index (Phi) is 6.27. The predicted octanol–water partition coefficient (Wildman–Crippen LogP) is 3.17. The van der Waals surface area contributed by atoms with E-state index in [0.717, 1.165) is 19.5 Å². The second kappa shape index (κ2) is 7.49. The maximum atomic E-state index is 4.39. The molecule has 0 aromatic carbocycles. The van der Waals surface area contributed by atoms with Gasteiger partial charge in [-0.05, 0) is 44.2 Å².